The van der Waals surface area contributed by atoms with E-state index in [0.717, 1.165) is 49.3 Å². The van der Waals surface area contributed by atoms with E-state index in [-0.39, 0.29) is 24.0 Å². The number of hydrogen-bond acceptors (Lipinski definition) is 4. The zero-order valence-corrected chi connectivity index (χ0v) is 21.9. The van der Waals surface area contributed by atoms with Gasteiger partial charge in [0.15, 0.2) is 15.8 Å². The van der Waals surface area contributed by atoms with Crippen LogP contribution in [0.4, 0.5) is 0 Å². The van der Waals surface area contributed by atoms with Gasteiger partial charge in [0.2, 0.25) is 0 Å². The number of ether oxygens (including phenoxy) is 1. The highest BCUT2D eigenvalue weighted by Gasteiger charge is 2.11. The average Bonchev–Trinajstić information content (AvgIpc) is 2.71. The molecule has 2 N–H and O–H groups in total. The third-order valence-corrected chi connectivity index (χ3v) is 5.98. The van der Waals surface area contributed by atoms with E-state index in [9.17, 15) is 8.42 Å². The van der Waals surface area contributed by atoms with Gasteiger partial charge in [0.05, 0.1) is 11.5 Å². The molecule has 0 aliphatic carbocycles. The molecule has 0 saturated heterocycles. The second-order valence-corrected chi connectivity index (χ2v) is 9.30. The Kier molecular flexibility index (Phi) is 11.9. The summed E-state index contributed by atoms with van der Waals surface area (Å²) >= 11 is 0. The maximum Gasteiger partial charge on any atom is 0.191 e. The largest absolute Gasteiger partial charge is 0.494 e. The summed E-state index contributed by atoms with van der Waals surface area (Å²) in [7, 11) is -1.47. The quantitative estimate of drug-likeness (QED) is 0.198. The minimum Gasteiger partial charge on any atom is -0.494 e. The minimum atomic E-state index is -3.20. The van der Waals surface area contributed by atoms with E-state index < -0.39 is 9.84 Å². The molecule has 2 rings (SSSR count). The van der Waals surface area contributed by atoms with E-state index in [2.05, 4.69) is 34.7 Å². The van der Waals surface area contributed by atoms with Crippen LogP contribution in [0.5, 0.6) is 5.75 Å². The number of nitrogens with one attached hydrogen (secondary N) is 2. The first-order valence-corrected chi connectivity index (χ1v) is 12.2. The van der Waals surface area contributed by atoms with Crippen LogP contribution in [-0.4, -0.2) is 40.8 Å². The monoisotopic (exact) mass is 559 g/mol. The van der Waals surface area contributed by atoms with Crippen molar-refractivity contribution < 1.29 is 13.2 Å². The molecule has 0 unspecified atom stereocenters. The molecule has 8 heteroatoms. The summed E-state index contributed by atoms with van der Waals surface area (Å²) in [6.45, 7) is 6.04. The Balaban J connectivity index is 0.00000480. The molecule has 0 spiro atoms. The Morgan fingerprint density at radius 2 is 1.74 bits per heavy atom. The number of aliphatic imine (C=N–C) groups is 1. The lowest BCUT2D eigenvalue weighted by molar-refractivity contribution is 0.309. The van der Waals surface area contributed by atoms with Crippen LogP contribution in [0.15, 0.2) is 52.4 Å². The van der Waals surface area contributed by atoms with Crippen molar-refractivity contribution in [2.45, 2.75) is 44.6 Å². The van der Waals surface area contributed by atoms with Gasteiger partial charge in [-0.2, -0.15) is 0 Å². The minimum absolute atomic E-state index is 0. The molecule has 0 aliphatic rings. The van der Waals surface area contributed by atoms with Gasteiger partial charge in [0.25, 0.3) is 0 Å². The van der Waals surface area contributed by atoms with Crippen LogP contribution in [0.2, 0.25) is 0 Å². The molecule has 6 nitrogen and oxygen atoms in total. The lowest BCUT2D eigenvalue weighted by atomic mass is 10.1. The first-order valence-electron chi connectivity index (χ1n) is 10.3. The Hall–Kier alpha value is -1.81. The molecule has 0 saturated carbocycles. The molecule has 2 aromatic rings. The highest BCUT2D eigenvalue weighted by Crippen LogP contribution is 2.16. The maximum absolute atomic E-state index is 11.7. The van der Waals surface area contributed by atoms with Gasteiger partial charge >= 0.3 is 0 Å². The number of unbranched alkanes of at least 4 members (excludes halogenated alkanes) is 1. The number of guanidine groups is 1. The van der Waals surface area contributed by atoms with Crippen LogP contribution in [0.25, 0.3) is 0 Å². The molecule has 172 valence electrons. The molecule has 0 bridgehead atoms. The van der Waals surface area contributed by atoms with Gasteiger partial charge in [-0.25, -0.2) is 8.42 Å². The second-order valence-electron chi connectivity index (χ2n) is 7.32. The van der Waals surface area contributed by atoms with Gasteiger partial charge in [-0.05, 0) is 54.7 Å². The molecule has 2 aromatic carbocycles. The van der Waals surface area contributed by atoms with Crippen LogP contribution >= 0.6 is 24.0 Å². The van der Waals surface area contributed by atoms with Gasteiger partial charge in [-0.15, -0.1) is 24.0 Å². The topological polar surface area (TPSA) is 79.8 Å². The Morgan fingerprint density at radius 3 is 2.32 bits per heavy atom. The van der Waals surface area contributed by atoms with Gasteiger partial charge in [0, 0.05) is 26.4 Å². The second kappa shape index (κ2) is 13.6. The van der Waals surface area contributed by atoms with Crippen LogP contribution in [0, 0.1) is 6.92 Å². The Labute approximate surface area is 203 Å². The number of sulfone groups is 1. The highest BCUT2D eigenvalue weighted by molar-refractivity contribution is 14.0. The van der Waals surface area contributed by atoms with Crippen molar-refractivity contribution in [3.63, 3.8) is 0 Å². The SMILES string of the molecule is CCCCOc1ccc(CCNC(=NC)NCc2ccc(S(C)(=O)=O)c(C)c2)cc1.I. The van der Waals surface area contributed by atoms with E-state index in [1.807, 2.05) is 31.2 Å². The van der Waals surface area contributed by atoms with Crippen molar-refractivity contribution >= 4 is 39.8 Å². The molecule has 0 heterocycles. The van der Waals surface area contributed by atoms with Gasteiger partial charge in [-0.3, -0.25) is 4.99 Å². The normalized spacial score (nSPS) is 11.5. The zero-order valence-electron chi connectivity index (χ0n) is 18.8. The summed E-state index contributed by atoms with van der Waals surface area (Å²) in [6.07, 6.45) is 4.30. The molecule has 0 aromatic heterocycles. The molecular weight excluding hydrogens is 525 g/mol. The highest BCUT2D eigenvalue weighted by atomic mass is 127. The first kappa shape index (κ1) is 27.2. The predicted molar refractivity (Wildman–Crippen MR) is 138 cm³/mol. The number of hydrogen-bond donors (Lipinski definition) is 2. The fraction of sp³-hybridized carbons (Fsp3) is 0.435. The van der Waals surface area contributed by atoms with E-state index in [1.54, 1.807) is 13.1 Å². The first-order chi connectivity index (χ1) is 14.3. The fourth-order valence-electron chi connectivity index (χ4n) is 3.06. The summed E-state index contributed by atoms with van der Waals surface area (Å²) in [5.74, 6) is 1.62. The number of aryl methyl sites for hydroxylation is 1. The molecule has 0 atom stereocenters. The van der Waals surface area contributed by atoms with Crippen molar-refractivity contribution in [2.75, 3.05) is 26.5 Å². The Morgan fingerprint density at radius 1 is 1.06 bits per heavy atom. The number of nitrogens with zero attached hydrogens (tertiary/aromatic N) is 1. The lowest BCUT2D eigenvalue weighted by Crippen LogP contribution is -2.37. The average molecular weight is 560 g/mol. The summed E-state index contributed by atoms with van der Waals surface area (Å²) in [5, 5.41) is 6.57. The van der Waals surface area contributed by atoms with Gasteiger partial charge < -0.3 is 15.4 Å². The third-order valence-electron chi connectivity index (χ3n) is 4.72. The summed E-state index contributed by atoms with van der Waals surface area (Å²) in [5.41, 5.74) is 2.98. The molecular formula is C23H34IN3O3S. The number of halogens is 1. The van der Waals surface area contributed by atoms with Crippen LogP contribution in [0.1, 0.15) is 36.5 Å². The van der Waals surface area contributed by atoms with Gasteiger partial charge in [-0.1, -0.05) is 37.6 Å². The third kappa shape index (κ3) is 9.47. The Bertz CT molecular complexity index is 945. The fourth-order valence-corrected chi connectivity index (χ4v) is 4.01. The molecule has 0 aliphatic heterocycles. The van der Waals surface area contributed by atoms with Crippen LogP contribution in [0.3, 0.4) is 0 Å². The summed E-state index contributed by atoms with van der Waals surface area (Å²) < 4.78 is 29.2. The van der Waals surface area contributed by atoms with Crippen molar-refractivity contribution in [2.24, 2.45) is 4.99 Å². The summed E-state index contributed by atoms with van der Waals surface area (Å²) in [6, 6.07) is 13.6. The van der Waals surface area contributed by atoms with Crippen molar-refractivity contribution in [1.29, 1.82) is 0 Å². The smallest absolute Gasteiger partial charge is 0.191 e. The van der Waals surface area contributed by atoms with E-state index in [0.29, 0.717) is 17.4 Å². The molecule has 31 heavy (non-hydrogen) atoms. The maximum atomic E-state index is 11.7. The summed E-state index contributed by atoms with van der Waals surface area (Å²) in [4.78, 5) is 4.62. The van der Waals surface area contributed by atoms with E-state index in [4.69, 9.17) is 4.74 Å². The molecule has 0 radical (unpaired) electrons. The molecule has 0 fully saturated rings. The van der Waals surface area contributed by atoms with Crippen molar-refractivity contribution in [3.8, 4) is 5.75 Å². The zero-order chi connectivity index (χ0) is 22.0. The van der Waals surface area contributed by atoms with Crippen molar-refractivity contribution in [1.82, 2.24) is 10.6 Å². The van der Waals surface area contributed by atoms with Crippen LogP contribution in [-0.2, 0) is 22.8 Å². The van der Waals surface area contributed by atoms with E-state index >= 15 is 0 Å². The van der Waals surface area contributed by atoms with Crippen molar-refractivity contribution in [3.05, 3.63) is 59.2 Å². The molecule has 0 amide bonds. The van der Waals surface area contributed by atoms with E-state index in [1.165, 1.54) is 11.8 Å². The van der Waals surface area contributed by atoms with Gasteiger partial charge in [0.1, 0.15) is 5.75 Å². The number of benzene rings is 2. The predicted octanol–water partition coefficient (Wildman–Crippen LogP) is 4.10. The van der Waals surface area contributed by atoms with Crippen LogP contribution < -0.4 is 15.4 Å². The number of rotatable bonds is 10. The lowest BCUT2D eigenvalue weighted by Gasteiger charge is -2.13. The standard InChI is InChI=1S/C23H33N3O3S.HI/c1-5-6-15-29-21-10-7-19(8-11-21)13-14-25-23(24-3)26-17-20-9-12-22(18(2)16-20)30(4,27)28;/h7-12,16H,5-6,13-15,17H2,1-4H3,(H2,24,25,26);1H.